The van der Waals surface area contributed by atoms with Crippen LogP contribution in [0.15, 0.2) is 41.1 Å². The molecule has 3 rings (SSSR count). The average molecular weight is 380 g/mol. The van der Waals surface area contributed by atoms with Gasteiger partial charge in [-0.3, -0.25) is 4.79 Å². The van der Waals surface area contributed by atoms with Crippen LogP contribution in [0.5, 0.6) is 0 Å². The van der Waals surface area contributed by atoms with Crippen LogP contribution < -0.4 is 5.32 Å². The number of fused-ring (bicyclic) bond motifs is 1. The first-order valence-electron chi connectivity index (χ1n) is 6.81. The van der Waals surface area contributed by atoms with Crippen molar-refractivity contribution < 1.29 is 13.6 Å². The van der Waals surface area contributed by atoms with E-state index in [0.29, 0.717) is 5.69 Å². The first kappa shape index (κ1) is 15.6. The highest BCUT2D eigenvalue weighted by atomic mass is 79.9. The zero-order chi connectivity index (χ0) is 16.6. The quantitative estimate of drug-likeness (QED) is 0.755. The second kappa shape index (κ2) is 6.08. The molecule has 2 aromatic heterocycles. The third-order valence-corrected chi connectivity index (χ3v) is 3.80. The van der Waals surface area contributed by atoms with E-state index in [1.54, 1.807) is 6.20 Å². The van der Waals surface area contributed by atoms with Crippen LogP contribution in [0, 0.1) is 18.6 Å². The highest BCUT2D eigenvalue weighted by Crippen LogP contribution is 2.17. The van der Waals surface area contributed by atoms with Gasteiger partial charge in [-0.2, -0.15) is 0 Å². The van der Waals surface area contributed by atoms with Crippen LogP contribution in [0.1, 0.15) is 21.6 Å². The van der Waals surface area contributed by atoms with Crippen LogP contribution in [0.25, 0.3) is 5.65 Å². The van der Waals surface area contributed by atoms with E-state index in [4.69, 9.17) is 0 Å². The minimum absolute atomic E-state index is 0.0617. The van der Waals surface area contributed by atoms with Crippen molar-refractivity contribution in [2.75, 3.05) is 0 Å². The Kier molecular flexibility index (Phi) is 4.12. The molecule has 4 nitrogen and oxygen atoms in total. The molecule has 1 N–H and O–H groups in total. The van der Waals surface area contributed by atoms with Crippen molar-refractivity contribution in [1.29, 1.82) is 0 Å². The van der Waals surface area contributed by atoms with Gasteiger partial charge in [0.15, 0.2) is 11.6 Å². The van der Waals surface area contributed by atoms with E-state index in [1.807, 2.05) is 23.6 Å². The Morgan fingerprint density at radius 1 is 1.26 bits per heavy atom. The predicted octanol–water partition coefficient (Wildman–Crippen LogP) is 3.61. The number of nitrogens with zero attached hydrogens (tertiary/aromatic N) is 2. The van der Waals surface area contributed by atoms with E-state index in [0.717, 1.165) is 27.8 Å². The molecule has 0 saturated heterocycles. The maximum absolute atomic E-state index is 13.1. The van der Waals surface area contributed by atoms with Crippen LogP contribution in [0.4, 0.5) is 8.78 Å². The van der Waals surface area contributed by atoms with Crippen LogP contribution in [-0.4, -0.2) is 15.3 Å². The Morgan fingerprint density at radius 3 is 2.78 bits per heavy atom. The lowest BCUT2D eigenvalue weighted by Gasteiger charge is -2.03. The molecule has 118 valence electrons. The second-order valence-corrected chi connectivity index (χ2v) is 6.03. The zero-order valence-corrected chi connectivity index (χ0v) is 13.7. The van der Waals surface area contributed by atoms with Gasteiger partial charge in [0.05, 0.1) is 12.2 Å². The number of carbonyl (C=O) groups excluding carboxylic acids is 1. The van der Waals surface area contributed by atoms with Crippen LogP contribution in [0.3, 0.4) is 0 Å². The number of amides is 1. The smallest absolute Gasteiger partial charge is 0.251 e. The first-order chi connectivity index (χ1) is 10.9. The van der Waals surface area contributed by atoms with Gasteiger partial charge >= 0.3 is 0 Å². The number of nitrogens with one attached hydrogen (secondary N) is 1. The number of aryl methyl sites for hydroxylation is 1. The number of imidazole rings is 1. The molecule has 2 heterocycles. The lowest BCUT2D eigenvalue weighted by Crippen LogP contribution is -2.23. The van der Waals surface area contributed by atoms with Crippen molar-refractivity contribution in [1.82, 2.24) is 14.7 Å². The van der Waals surface area contributed by atoms with Crippen molar-refractivity contribution in [2.24, 2.45) is 0 Å². The molecule has 0 spiro atoms. The summed E-state index contributed by atoms with van der Waals surface area (Å²) in [5, 5.41) is 2.64. The molecule has 7 heteroatoms. The van der Waals surface area contributed by atoms with Crippen LogP contribution >= 0.6 is 15.9 Å². The van der Waals surface area contributed by atoms with Gasteiger partial charge in [-0.05, 0) is 52.7 Å². The Labute approximate surface area is 139 Å². The van der Waals surface area contributed by atoms with Gasteiger partial charge in [0.1, 0.15) is 5.65 Å². The molecule has 1 amide bonds. The summed E-state index contributed by atoms with van der Waals surface area (Å²) in [6.07, 6.45) is 3.68. The molecule has 23 heavy (non-hydrogen) atoms. The highest BCUT2D eigenvalue weighted by Gasteiger charge is 2.11. The molecule has 0 aliphatic heterocycles. The van der Waals surface area contributed by atoms with Gasteiger partial charge in [-0.25, -0.2) is 13.8 Å². The molecular formula is C16H12BrF2N3O. The van der Waals surface area contributed by atoms with E-state index >= 15 is 0 Å². The molecular weight excluding hydrogens is 368 g/mol. The normalized spacial score (nSPS) is 11.0. The van der Waals surface area contributed by atoms with E-state index in [-0.39, 0.29) is 12.1 Å². The van der Waals surface area contributed by atoms with Crippen molar-refractivity contribution in [3.63, 3.8) is 0 Å². The number of carbonyl (C=O) groups is 1. The van der Waals surface area contributed by atoms with E-state index < -0.39 is 17.5 Å². The SMILES string of the molecule is Cc1cc(Br)cn2cc(CNC(=O)c3ccc(F)c(F)c3)nc12. The van der Waals surface area contributed by atoms with Gasteiger partial charge < -0.3 is 9.72 Å². The Bertz CT molecular complexity index is 908. The van der Waals surface area contributed by atoms with Gasteiger partial charge in [0, 0.05) is 22.4 Å². The van der Waals surface area contributed by atoms with E-state index in [2.05, 4.69) is 26.2 Å². The number of hydrogen-bond acceptors (Lipinski definition) is 2. The first-order valence-corrected chi connectivity index (χ1v) is 7.60. The maximum Gasteiger partial charge on any atom is 0.251 e. The summed E-state index contributed by atoms with van der Waals surface area (Å²) in [6.45, 7) is 2.13. The number of rotatable bonds is 3. The summed E-state index contributed by atoms with van der Waals surface area (Å²) in [5.74, 6) is -2.52. The summed E-state index contributed by atoms with van der Waals surface area (Å²) < 4.78 is 28.8. The van der Waals surface area contributed by atoms with Crippen LogP contribution in [-0.2, 0) is 6.54 Å². The molecule has 0 radical (unpaired) electrons. The topological polar surface area (TPSA) is 46.4 Å². The van der Waals surface area contributed by atoms with Crippen molar-refractivity contribution in [3.8, 4) is 0 Å². The average Bonchev–Trinajstić information content (AvgIpc) is 2.91. The fraction of sp³-hybridized carbons (Fsp3) is 0.125. The summed E-state index contributed by atoms with van der Waals surface area (Å²) in [4.78, 5) is 16.4. The standard InChI is InChI=1S/C16H12BrF2N3O/c1-9-4-11(17)7-22-8-12(21-15(9)22)6-20-16(23)10-2-3-13(18)14(19)5-10/h2-5,7-8H,6H2,1H3,(H,20,23). The van der Waals surface area contributed by atoms with Crippen LogP contribution in [0.2, 0.25) is 0 Å². The zero-order valence-electron chi connectivity index (χ0n) is 12.1. The highest BCUT2D eigenvalue weighted by molar-refractivity contribution is 9.10. The number of benzene rings is 1. The molecule has 0 saturated carbocycles. The second-order valence-electron chi connectivity index (χ2n) is 5.12. The summed E-state index contributed by atoms with van der Waals surface area (Å²) in [7, 11) is 0. The summed E-state index contributed by atoms with van der Waals surface area (Å²) in [6, 6.07) is 4.98. The molecule has 0 bridgehead atoms. The number of pyridine rings is 1. The van der Waals surface area contributed by atoms with Gasteiger partial charge in [-0.15, -0.1) is 0 Å². The van der Waals surface area contributed by atoms with Gasteiger partial charge in [0.2, 0.25) is 0 Å². The molecule has 0 aliphatic rings. The minimum Gasteiger partial charge on any atom is -0.346 e. The van der Waals surface area contributed by atoms with Gasteiger partial charge in [0.25, 0.3) is 5.91 Å². The van der Waals surface area contributed by atoms with E-state index in [9.17, 15) is 13.6 Å². The lowest BCUT2D eigenvalue weighted by atomic mass is 10.2. The number of halogens is 3. The monoisotopic (exact) mass is 379 g/mol. The molecule has 1 aromatic carbocycles. The molecule has 3 aromatic rings. The van der Waals surface area contributed by atoms with Crippen molar-refractivity contribution in [2.45, 2.75) is 13.5 Å². The molecule has 0 atom stereocenters. The third-order valence-electron chi connectivity index (χ3n) is 3.36. The number of aromatic nitrogens is 2. The largest absolute Gasteiger partial charge is 0.346 e. The summed E-state index contributed by atoms with van der Waals surface area (Å²) >= 11 is 3.41. The van der Waals surface area contributed by atoms with E-state index in [1.165, 1.54) is 6.07 Å². The predicted molar refractivity (Wildman–Crippen MR) is 85.2 cm³/mol. The molecule has 0 fully saturated rings. The Hall–Kier alpha value is -2.28. The third kappa shape index (κ3) is 3.24. The Morgan fingerprint density at radius 2 is 2.04 bits per heavy atom. The van der Waals surface area contributed by atoms with Gasteiger partial charge in [-0.1, -0.05) is 0 Å². The molecule has 0 aliphatic carbocycles. The maximum atomic E-state index is 13.1. The minimum atomic E-state index is -1.05. The fourth-order valence-corrected chi connectivity index (χ4v) is 2.84. The number of hydrogen-bond donors (Lipinski definition) is 1. The van der Waals surface area contributed by atoms with Crippen molar-refractivity contribution in [3.05, 3.63) is 69.6 Å². The molecule has 0 unspecified atom stereocenters. The lowest BCUT2D eigenvalue weighted by molar-refractivity contribution is 0.0950. The fourth-order valence-electron chi connectivity index (χ4n) is 2.27. The van der Waals surface area contributed by atoms with Crippen molar-refractivity contribution >= 4 is 27.5 Å². The summed E-state index contributed by atoms with van der Waals surface area (Å²) in [5.41, 5.74) is 2.52. The Balaban J connectivity index is 1.76.